The number of allylic oxidation sites excluding steroid dienone is 2. The molecule has 33 heavy (non-hydrogen) atoms. The zero-order chi connectivity index (χ0) is 23.8. The van der Waals surface area contributed by atoms with Crippen molar-refractivity contribution < 1.29 is 26.7 Å². The Morgan fingerprint density at radius 2 is 1.36 bits per heavy atom. The minimum Gasteiger partial charge on any atom is -0.399 e. The molecule has 1 aromatic carbocycles. The van der Waals surface area contributed by atoms with Gasteiger partial charge in [-0.15, -0.1) is 13.2 Å². The lowest BCUT2D eigenvalue weighted by molar-refractivity contribution is -0.276. The van der Waals surface area contributed by atoms with E-state index in [-0.39, 0.29) is 0 Å². The van der Waals surface area contributed by atoms with Gasteiger partial charge in [0.2, 0.25) is 5.75 Å². The molecule has 0 unspecified atom stereocenters. The highest BCUT2D eigenvalue weighted by atomic mass is 19.4. The van der Waals surface area contributed by atoms with Crippen molar-refractivity contribution in [3.05, 3.63) is 41.5 Å². The van der Waals surface area contributed by atoms with Crippen molar-refractivity contribution >= 4 is 0 Å². The minimum atomic E-state index is -5.12. The predicted octanol–water partition coefficient (Wildman–Crippen LogP) is 9.16. The molecule has 2 aliphatic carbocycles. The van der Waals surface area contributed by atoms with Crippen molar-refractivity contribution in [3.63, 3.8) is 0 Å². The lowest BCUT2D eigenvalue weighted by Crippen LogP contribution is -2.26. The Balaban J connectivity index is 1.38. The van der Waals surface area contributed by atoms with Crippen LogP contribution >= 0.6 is 0 Å². The van der Waals surface area contributed by atoms with Crippen molar-refractivity contribution in [3.8, 4) is 5.75 Å². The maximum Gasteiger partial charge on any atom is 0.573 e. The molecule has 6 heteroatoms. The Kier molecular flexibility index (Phi) is 9.63. The van der Waals surface area contributed by atoms with Crippen LogP contribution in [0, 0.1) is 35.3 Å². The Labute approximate surface area is 194 Å². The van der Waals surface area contributed by atoms with Crippen LogP contribution in [-0.2, 0) is 6.42 Å². The van der Waals surface area contributed by atoms with Crippen LogP contribution in [0.2, 0.25) is 0 Å². The number of aryl methyl sites for hydroxylation is 1. The summed E-state index contributed by atoms with van der Waals surface area (Å²) in [4.78, 5) is 0. The van der Waals surface area contributed by atoms with Crippen molar-refractivity contribution in [2.24, 2.45) is 23.7 Å². The minimum absolute atomic E-state index is 0.384. The zero-order valence-electron chi connectivity index (χ0n) is 19.6. The van der Waals surface area contributed by atoms with Gasteiger partial charge in [0.25, 0.3) is 0 Å². The Morgan fingerprint density at radius 1 is 0.848 bits per heavy atom. The van der Waals surface area contributed by atoms with Gasteiger partial charge in [-0.05, 0) is 99.7 Å². The quantitative estimate of drug-likeness (QED) is 0.198. The lowest BCUT2D eigenvalue weighted by Gasteiger charge is -2.38. The standard InChI is InChI=1S/C27H37F5O/c1-2-3-4-5-6-19-9-13-22(14-10-19)23-15-11-20(12-16-23)7-8-21-17-24(28)26(25(29)18-21)33-27(30,31)32/h2-3,17-20,22-23H,4-16H2,1H3. The van der Waals surface area contributed by atoms with E-state index in [0.717, 1.165) is 49.1 Å². The summed E-state index contributed by atoms with van der Waals surface area (Å²) in [5.74, 6) is -0.912. The molecule has 0 radical (unpaired) electrons. The topological polar surface area (TPSA) is 9.23 Å². The fourth-order valence-corrected chi connectivity index (χ4v) is 5.93. The first-order valence-electron chi connectivity index (χ1n) is 12.6. The number of hydrogen-bond donors (Lipinski definition) is 0. The molecule has 0 saturated heterocycles. The summed E-state index contributed by atoms with van der Waals surface area (Å²) in [7, 11) is 0. The molecular formula is C27H37F5O. The molecule has 0 amide bonds. The van der Waals surface area contributed by atoms with Crippen LogP contribution in [-0.4, -0.2) is 6.36 Å². The average Bonchev–Trinajstić information content (AvgIpc) is 2.78. The number of alkyl halides is 3. The van der Waals surface area contributed by atoms with Crippen LogP contribution in [0.5, 0.6) is 5.75 Å². The van der Waals surface area contributed by atoms with Gasteiger partial charge < -0.3 is 4.74 Å². The van der Waals surface area contributed by atoms with Gasteiger partial charge in [0, 0.05) is 0 Å². The predicted molar refractivity (Wildman–Crippen MR) is 121 cm³/mol. The molecule has 0 aromatic heterocycles. The molecule has 0 atom stereocenters. The molecule has 1 nitrogen and oxygen atoms in total. The molecule has 3 rings (SSSR count). The third-order valence-corrected chi connectivity index (χ3v) is 7.79. The van der Waals surface area contributed by atoms with E-state index in [2.05, 4.69) is 23.8 Å². The van der Waals surface area contributed by atoms with E-state index in [1.54, 1.807) is 0 Å². The highest BCUT2D eigenvalue weighted by Gasteiger charge is 2.34. The second kappa shape index (κ2) is 12.2. The van der Waals surface area contributed by atoms with Crippen LogP contribution in [0.3, 0.4) is 0 Å². The van der Waals surface area contributed by atoms with Crippen molar-refractivity contribution in [1.29, 1.82) is 0 Å². The van der Waals surface area contributed by atoms with Gasteiger partial charge in [-0.3, -0.25) is 0 Å². The van der Waals surface area contributed by atoms with Crippen LogP contribution in [0.15, 0.2) is 24.3 Å². The first-order chi connectivity index (χ1) is 15.7. The fraction of sp³-hybridized carbons (Fsp3) is 0.704. The normalized spacial score (nSPS) is 26.6. The molecule has 0 aliphatic heterocycles. The lowest BCUT2D eigenvalue weighted by atomic mass is 9.68. The van der Waals surface area contributed by atoms with E-state index >= 15 is 0 Å². The summed E-state index contributed by atoms with van der Waals surface area (Å²) in [5.41, 5.74) is 0.384. The SMILES string of the molecule is CC=CCCCC1CCC(C2CCC(CCc3cc(F)c(OC(F)(F)F)c(F)c3)CC2)CC1. The molecule has 1 aromatic rings. The van der Waals surface area contributed by atoms with Gasteiger partial charge in [0.1, 0.15) is 0 Å². The van der Waals surface area contributed by atoms with Gasteiger partial charge in [-0.2, -0.15) is 0 Å². The molecule has 0 bridgehead atoms. The fourth-order valence-electron chi connectivity index (χ4n) is 5.93. The summed E-state index contributed by atoms with van der Waals surface area (Å²) in [6.07, 6.45) is 14.6. The summed E-state index contributed by atoms with van der Waals surface area (Å²) in [5, 5.41) is 0. The molecule has 186 valence electrons. The molecule has 2 saturated carbocycles. The Bertz CT molecular complexity index is 733. The van der Waals surface area contributed by atoms with Crippen LogP contribution < -0.4 is 4.74 Å². The number of unbranched alkanes of at least 4 members (excludes halogenated alkanes) is 1. The number of hydrogen-bond acceptors (Lipinski definition) is 1. The second-order valence-corrected chi connectivity index (χ2v) is 10.0. The van der Waals surface area contributed by atoms with E-state index in [1.165, 1.54) is 57.8 Å². The summed E-state index contributed by atoms with van der Waals surface area (Å²) < 4.78 is 68.2. The van der Waals surface area contributed by atoms with Crippen LogP contribution in [0.25, 0.3) is 0 Å². The number of benzene rings is 1. The number of halogens is 5. The van der Waals surface area contributed by atoms with Crippen molar-refractivity contribution in [2.75, 3.05) is 0 Å². The molecule has 2 fully saturated rings. The molecular weight excluding hydrogens is 435 g/mol. The Hall–Kier alpha value is -1.59. The first-order valence-corrected chi connectivity index (χ1v) is 12.6. The molecule has 2 aliphatic rings. The molecule has 0 heterocycles. The van der Waals surface area contributed by atoms with E-state index in [9.17, 15) is 22.0 Å². The monoisotopic (exact) mass is 472 g/mol. The van der Waals surface area contributed by atoms with E-state index in [1.807, 2.05) is 0 Å². The highest BCUT2D eigenvalue weighted by molar-refractivity contribution is 5.31. The van der Waals surface area contributed by atoms with E-state index in [0.29, 0.717) is 17.9 Å². The van der Waals surface area contributed by atoms with E-state index in [4.69, 9.17) is 0 Å². The highest BCUT2D eigenvalue weighted by Crippen LogP contribution is 2.43. The van der Waals surface area contributed by atoms with Gasteiger partial charge in [-0.25, -0.2) is 8.78 Å². The second-order valence-electron chi connectivity index (χ2n) is 10.0. The van der Waals surface area contributed by atoms with Crippen molar-refractivity contribution in [1.82, 2.24) is 0 Å². The zero-order valence-corrected chi connectivity index (χ0v) is 19.6. The van der Waals surface area contributed by atoms with Gasteiger partial charge >= 0.3 is 6.36 Å². The van der Waals surface area contributed by atoms with Gasteiger partial charge in [-0.1, -0.05) is 44.3 Å². The van der Waals surface area contributed by atoms with Crippen molar-refractivity contribution in [2.45, 2.75) is 96.8 Å². The van der Waals surface area contributed by atoms with E-state index < -0.39 is 23.7 Å². The smallest absolute Gasteiger partial charge is 0.399 e. The summed E-state index contributed by atoms with van der Waals surface area (Å²) in [6, 6.07) is 1.93. The third kappa shape index (κ3) is 8.29. The number of rotatable bonds is 9. The molecule has 0 spiro atoms. The summed E-state index contributed by atoms with van der Waals surface area (Å²) in [6.45, 7) is 2.08. The average molecular weight is 473 g/mol. The Morgan fingerprint density at radius 3 is 1.85 bits per heavy atom. The van der Waals surface area contributed by atoms with Gasteiger partial charge in [0.05, 0.1) is 0 Å². The summed E-state index contributed by atoms with van der Waals surface area (Å²) >= 11 is 0. The maximum atomic E-state index is 13.9. The van der Waals surface area contributed by atoms with Crippen LogP contribution in [0.4, 0.5) is 22.0 Å². The maximum absolute atomic E-state index is 13.9. The largest absolute Gasteiger partial charge is 0.573 e. The van der Waals surface area contributed by atoms with Gasteiger partial charge in [0.15, 0.2) is 11.6 Å². The molecule has 0 N–H and O–H groups in total. The number of ether oxygens (including phenoxy) is 1. The first kappa shape index (κ1) is 26.0. The van der Waals surface area contributed by atoms with Crippen LogP contribution in [0.1, 0.15) is 89.5 Å². The third-order valence-electron chi connectivity index (χ3n) is 7.79.